The minimum atomic E-state index is -0.881. The lowest BCUT2D eigenvalue weighted by molar-refractivity contribution is -0.147. The molecule has 1 aliphatic rings. The number of carboxylic acids is 1. The third-order valence-corrected chi connectivity index (χ3v) is 3.09. The summed E-state index contributed by atoms with van der Waals surface area (Å²) in [4.78, 5) is 22.9. The van der Waals surface area contributed by atoms with Gasteiger partial charge in [0.2, 0.25) is 5.91 Å². The van der Waals surface area contributed by atoms with E-state index < -0.39 is 17.8 Å². The van der Waals surface area contributed by atoms with Crippen LogP contribution in [0.1, 0.15) is 33.1 Å². The predicted molar refractivity (Wildman–Crippen MR) is 60.9 cm³/mol. The summed E-state index contributed by atoms with van der Waals surface area (Å²) in [5.41, 5.74) is 0. The molecule has 90 valence electrons. The van der Waals surface area contributed by atoms with E-state index in [0.717, 1.165) is 6.42 Å². The number of rotatable bonds is 4. The first-order valence-electron chi connectivity index (χ1n) is 5.74. The van der Waals surface area contributed by atoms with Gasteiger partial charge in [-0.3, -0.25) is 9.59 Å². The highest BCUT2D eigenvalue weighted by Crippen LogP contribution is 2.26. The predicted octanol–water partition coefficient (Wildman–Crippen LogP) is 1.57. The third kappa shape index (κ3) is 3.08. The van der Waals surface area contributed by atoms with E-state index in [2.05, 4.69) is 5.32 Å². The first-order chi connectivity index (χ1) is 7.56. The first-order valence-corrected chi connectivity index (χ1v) is 5.74. The molecular weight excluding hydrogens is 206 g/mol. The second-order valence-corrected chi connectivity index (χ2v) is 4.31. The fourth-order valence-corrected chi connectivity index (χ4v) is 1.83. The average molecular weight is 225 g/mol. The number of carbonyl (C=O) groups is 2. The van der Waals surface area contributed by atoms with E-state index in [1.807, 2.05) is 26.0 Å². The molecule has 1 rings (SSSR count). The monoisotopic (exact) mass is 225 g/mol. The van der Waals surface area contributed by atoms with Gasteiger partial charge in [-0.15, -0.1) is 0 Å². The molecule has 4 nitrogen and oxygen atoms in total. The van der Waals surface area contributed by atoms with Crippen molar-refractivity contribution in [1.29, 1.82) is 0 Å². The lowest BCUT2D eigenvalue weighted by atomic mass is 9.82. The fourth-order valence-electron chi connectivity index (χ4n) is 1.83. The van der Waals surface area contributed by atoms with Gasteiger partial charge in [-0.2, -0.15) is 0 Å². The summed E-state index contributed by atoms with van der Waals surface area (Å²) in [5.74, 6) is -2.01. The van der Waals surface area contributed by atoms with Crippen molar-refractivity contribution in [3.05, 3.63) is 12.2 Å². The van der Waals surface area contributed by atoms with Crippen molar-refractivity contribution in [3.63, 3.8) is 0 Å². The molecule has 0 aromatic carbocycles. The van der Waals surface area contributed by atoms with Crippen LogP contribution in [0.15, 0.2) is 12.2 Å². The highest BCUT2D eigenvalue weighted by Gasteiger charge is 2.34. The van der Waals surface area contributed by atoms with Crippen LogP contribution in [0.25, 0.3) is 0 Å². The zero-order chi connectivity index (χ0) is 12.1. The van der Waals surface area contributed by atoms with Gasteiger partial charge in [-0.1, -0.05) is 19.1 Å². The minimum Gasteiger partial charge on any atom is -0.481 e. The summed E-state index contributed by atoms with van der Waals surface area (Å²) >= 11 is 0. The number of carbonyl (C=O) groups excluding carboxylic acids is 1. The van der Waals surface area contributed by atoms with Crippen molar-refractivity contribution in [2.24, 2.45) is 11.8 Å². The van der Waals surface area contributed by atoms with Crippen molar-refractivity contribution in [2.45, 2.75) is 39.2 Å². The second-order valence-electron chi connectivity index (χ2n) is 4.31. The van der Waals surface area contributed by atoms with Crippen molar-refractivity contribution in [1.82, 2.24) is 5.32 Å². The molecule has 0 fully saturated rings. The number of carboxylic acid groups (broad SMARTS) is 1. The van der Waals surface area contributed by atoms with E-state index in [0.29, 0.717) is 12.8 Å². The Labute approximate surface area is 95.7 Å². The third-order valence-electron chi connectivity index (χ3n) is 3.09. The van der Waals surface area contributed by atoms with Gasteiger partial charge in [0.1, 0.15) is 0 Å². The Balaban J connectivity index is 2.65. The van der Waals surface area contributed by atoms with Crippen LogP contribution in [0.3, 0.4) is 0 Å². The van der Waals surface area contributed by atoms with Gasteiger partial charge < -0.3 is 10.4 Å². The van der Waals surface area contributed by atoms with Gasteiger partial charge in [0.15, 0.2) is 0 Å². The number of hydrogen-bond acceptors (Lipinski definition) is 2. The van der Waals surface area contributed by atoms with Crippen molar-refractivity contribution < 1.29 is 14.7 Å². The van der Waals surface area contributed by atoms with E-state index in [1.165, 1.54) is 0 Å². The highest BCUT2D eigenvalue weighted by molar-refractivity contribution is 5.85. The summed E-state index contributed by atoms with van der Waals surface area (Å²) in [6.45, 7) is 3.91. The van der Waals surface area contributed by atoms with Gasteiger partial charge in [0.25, 0.3) is 0 Å². The molecule has 0 bridgehead atoms. The Morgan fingerprint density at radius 2 is 1.94 bits per heavy atom. The maximum absolute atomic E-state index is 11.9. The standard InChI is InChI=1S/C12H19NO3/c1-3-8(2)13-11(14)9-6-4-5-7-10(9)12(15)16/h4-5,8-10H,3,6-7H2,1-2H3,(H,13,14)(H,15,16). The molecule has 0 saturated carbocycles. The molecule has 1 amide bonds. The van der Waals surface area contributed by atoms with E-state index in [1.54, 1.807) is 0 Å². The van der Waals surface area contributed by atoms with Gasteiger partial charge >= 0.3 is 5.97 Å². The zero-order valence-corrected chi connectivity index (χ0v) is 9.77. The Bertz CT molecular complexity index is 299. The topological polar surface area (TPSA) is 66.4 Å². The molecule has 0 spiro atoms. The Morgan fingerprint density at radius 1 is 1.38 bits per heavy atom. The summed E-state index contributed by atoms with van der Waals surface area (Å²) in [7, 11) is 0. The SMILES string of the molecule is CCC(C)NC(=O)C1CC=CCC1C(=O)O. The molecule has 0 aromatic heterocycles. The highest BCUT2D eigenvalue weighted by atomic mass is 16.4. The van der Waals surface area contributed by atoms with Gasteiger partial charge in [-0.25, -0.2) is 0 Å². The van der Waals surface area contributed by atoms with Crippen LogP contribution in [-0.2, 0) is 9.59 Å². The quantitative estimate of drug-likeness (QED) is 0.714. The molecule has 4 heteroatoms. The Morgan fingerprint density at radius 3 is 2.44 bits per heavy atom. The lowest BCUT2D eigenvalue weighted by Gasteiger charge is -2.25. The fraction of sp³-hybridized carbons (Fsp3) is 0.667. The van der Waals surface area contributed by atoms with Crippen LogP contribution >= 0.6 is 0 Å². The first kappa shape index (κ1) is 12.7. The van der Waals surface area contributed by atoms with Crippen LogP contribution in [0.2, 0.25) is 0 Å². The molecule has 3 atom stereocenters. The van der Waals surface area contributed by atoms with Crippen molar-refractivity contribution in [3.8, 4) is 0 Å². The smallest absolute Gasteiger partial charge is 0.307 e. The van der Waals surface area contributed by atoms with E-state index in [-0.39, 0.29) is 11.9 Å². The second kappa shape index (κ2) is 5.68. The van der Waals surface area contributed by atoms with Gasteiger partial charge in [0, 0.05) is 6.04 Å². The maximum Gasteiger partial charge on any atom is 0.307 e. The van der Waals surface area contributed by atoms with Crippen LogP contribution < -0.4 is 5.32 Å². The summed E-state index contributed by atoms with van der Waals surface area (Å²) in [6.07, 6.45) is 5.56. The normalized spacial score (nSPS) is 26.1. The van der Waals surface area contributed by atoms with Gasteiger partial charge in [-0.05, 0) is 26.2 Å². The van der Waals surface area contributed by atoms with Crippen LogP contribution in [0.5, 0.6) is 0 Å². The van der Waals surface area contributed by atoms with E-state index in [4.69, 9.17) is 5.11 Å². The van der Waals surface area contributed by atoms with Crippen molar-refractivity contribution >= 4 is 11.9 Å². The summed E-state index contributed by atoms with van der Waals surface area (Å²) in [6, 6.07) is 0.104. The molecule has 3 unspecified atom stereocenters. The molecule has 1 aliphatic carbocycles. The molecule has 0 aliphatic heterocycles. The van der Waals surface area contributed by atoms with E-state index in [9.17, 15) is 9.59 Å². The minimum absolute atomic E-state index is 0.104. The Kier molecular flexibility index (Phi) is 4.52. The van der Waals surface area contributed by atoms with E-state index >= 15 is 0 Å². The van der Waals surface area contributed by atoms with Gasteiger partial charge in [0.05, 0.1) is 11.8 Å². The Hall–Kier alpha value is -1.32. The van der Waals surface area contributed by atoms with Crippen LogP contribution in [0, 0.1) is 11.8 Å². The molecule has 0 heterocycles. The number of amides is 1. The molecule has 16 heavy (non-hydrogen) atoms. The molecule has 0 saturated heterocycles. The number of nitrogens with one attached hydrogen (secondary N) is 1. The molecular formula is C12H19NO3. The van der Waals surface area contributed by atoms with Crippen LogP contribution in [0.4, 0.5) is 0 Å². The molecule has 0 aromatic rings. The summed E-state index contributed by atoms with van der Waals surface area (Å²) < 4.78 is 0. The zero-order valence-electron chi connectivity index (χ0n) is 9.77. The maximum atomic E-state index is 11.9. The molecule has 2 N–H and O–H groups in total. The molecule has 0 radical (unpaired) electrons. The number of aliphatic carboxylic acids is 1. The number of allylic oxidation sites excluding steroid dienone is 2. The largest absolute Gasteiger partial charge is 0.481 e. The van der Waals surface area contributed by atoms with Crippen molar-refractivity contribution in [2.75, 3.05) is 0 Å². The van der Waals surface area contributed by atoms with Crippen LogP contribution in [-0.4, -0.2) is 23.0 Å². The lowest BCUT2D eigenvalue weighted by Crippen LogP contribution is -2.42. The average Bonchev–Trinajstić information content (AvgIpc) is 2.28. The number of hydrogen-bond donors (Lipinski definition) is 2. The summed E-state index contributed by atoms with van der Waals surface area (Å²) in [5, 5.41) is 11.9.